The first-order chi connectivity index (χ1) is 14.0. The molecule has 0 saturated carbocycles. The largest absolute Gasteiger partial charge is 0.489 e. The number of hydrogen-bond donors (Lipinski definition) is 0. The van der Waals surface area contributed by atoms with E-state index in [4.69, 9.17) is 9.47 Å². The molecule has 156 valence electrons. The zero-order chi connectivity index (χ0) is 20.4. The summed E-state index contributed by atoms with van der Waals surface area (Å²) < 4.78 is 37.7. The molecule has 1 atom stereocenters. The van der Waals surface area contributed by atoms with Gasteiger partial charge >= 0.3 is 5.97 Å². The van der Waals surface area contributed by atoms with Gasteiger partial charge in [-0.05, 0) is 47.9 Å². The van der Waals surface area contributed by atoms with Crippen molar-refractivity contribution in [2.24, 2.45) is 0 Å². The summed E-state index contributed by atoms with van der Waals surface area (Å²) in [6, 6.07) is 17.3. The Morgan fingerprint density at radius 1 is 1.10 bits per heavy atom. The molecule has 4 rings (SSSR count). The Balaban J connectivity index is 0.00000256. The molecule has 2 bridgehead atoms. The van der Waals surface area contributed by atoms with Gasteiger partial charge in [0.05, 0.1) is 23.3 Å². The standard InChI is InChI=1S/C22H19NO5S.CH4/c1-27-22(24)17-9-10-19(23-13-17)21-12-16-6-2-3-8-20(16)28-14-15-5-4-7-18(11-15)29(21,25)26;/h2-11,13,21H,12,14H2,1H3;1H4. The van der Waals surface area contributed by atoms with Crippen molar-refractivity contribution in [2.75, 3.05) is 7.11 Å². The summed E-state index contributed by atoms with van der Waals surface area (Å²) in [5.74, 6) is 0.121. The molecule has 0 aliphatic carbocycles. The van der Waals surface area contributed by atoms with Crippen LogP contribution >= 0.6 is 0 Å². The lowest BCUT2D eigenvalue weighted by Crippen LogP contribution is -2.19. The summed E-state index contributed by atoms with van der Waals surface area (Å²) >= 11 is 0. The number of esters is 1. The van der Waals surface area contributed by atoms with Gasteiger partial charge in [0.25, 0.3) is 0 Å². The second-order valence-electron chi connectivity index (χ2n) is 6.74. The van der Waals surface area contributed by atoms with Gasteiger partial charge in [0.1, 0.15) is 17.6 Å². The van der Waals surface area contributed by atoms with E-state index in [-0.39, 0.29) is 30.9 Å². The highest BCUT2D eigenvalue weighted by molar-refractivity contribution is 7.91. The molecule has 1 aliphatic rings. The minimum absolute atomic E-state index is 0. The Labute approximate surface area is 176 Å². The molecule has 0 fully saturated rings. The van der Waals surface area contributed by atoms with Crippen molar-refractivity contribution in [2.45, 2.75) is 30.6 Å². The Bertz CT molecular complexity index is 1160. The maximum absolute atomic E-state index is 13.5. The van der Waals surface area contributed by atoms with Crippen LogP contribution in [-0.2, 0) is 27.6 Å². The summed E-state index contributed by atoms with van der Waals surface area (Å²) in [5, 5.41) is -0.924. The van der Waals surface area contributed by atoms with E-state index in [9.17, 15) is 13.2 Å². The predicted molar refractivity (Wildman–Crippen MR) is 113 cm³/mol. The van der Waals surface area contributed by atoms with Crippen LogP contribution in [-0.4, -0.2) is 26.5 Å². The minimum atomic E-state index is -3.73. The van der Waals surface area contributed by atoms with E-state index in [2.05, 4.69) is 4.98 Å². The molecular formula is C23H23NO5S. The van der Waals surface area contributed by atoms with Crippen LogP contribution in [0.25, 0.3) is 0 Å². The van der Waals surface area contributed by atoms with Gasteiger partial charge in [-0.1, -0.05) is 37.8 Å². The van der Waals surface area contributed by atoms with E-state index in [1.165, 1.54) is 19.4 Å². The second kappa shape index (κ2) is 8.67. The fourth-order valence-corrected chi connectivity index (χ4v) is 5.13. The smallest absolute Gasteiger partial charge is 0.339 e. The molecule has 1 aromatic heterocycles. The Hall–Kier alpha value is -3.19. The van der Waals surface area contributed by atoms with Gasteiger partial charge in [-0.15, -0.1) is 0 Å². The van der Waals surface area contributed by atoms with Gasteiger partial charge in [0.2, 0.25) is 0 Å². The third-order valence-electron chi connectivity index (χ3n) is 4.91. The second-order valence-corrected chi connectivity index (χ2v) is 8.88. The SMILES string of the molecule is C.COC(=O)c1ccc(C2Cc3ccccc3OCc3cccc(c3)S2(=O)=O)nc1. The summed E-state index contributed by atoms with van der Waals surface area (Å²) in [6.45, 7) is 0.289. The average Bonchev–Trinajstić information content (AvgIpc) is 2.76. The maximum Gasteiger partial charge on any atom is 0.339 e. The quantitative estimate of drug-likeness (QED) is 0.574. The number of benzene rings is 2. The molecule has 1 aliphatic heterocycles. The highest BCUT2D eigenvalue weighted by atomic mass is 32.2. The van der Waals surface area contributed by atoms with E-state index >= 15 is 0 Å². The van der Waals surface area contributed by atoms with Crippen LogP contribution in [0.5, 0.6) is 5.75 Å². The summed E-state index contributed by atoms with van der Waals surface area (Å²) in [7, 11) is -2.45. The molecule has 3 aromatic rings. The van der Waals surface area contributed by atoms with Crippen LogP contribution in [0, 0.1) is 0 Å². The molecule has 6 nitrogen and oxygen atoms in total. The number of methoxy groups -OCH3 is 1. The molecule has 7 heteroatoms. The highest BCUT2D eigenvalue weighted by Gasteiger charge is 2.32. The Kier molecular flexibility index (Phi) is 6.22. The van der Waals surface area contributed by atoms with Gasteiger partial charge in [0.15, 0.2) is 9.84 Å². The maximum atomic E-state index is 13.5. The first-order valence-corrected chi connectivity index (χ1v) is 10.6. The van der Waals surface area contributed by atoms with Gasteiger partial charge < -0.3 is 9.47 Å². The number of nitrogens with zero attached hydrogens (tertiary/aromatic N) is 1. The van der Waals surface area contributed by atoms with Crippen LogP contribution in [0.2, 0.25) is 0 Å². The monoisotopic (exact) mass is 425 g/mol. The molecule has 0 amide bonds. The Morgan fingerprint density at radius 2 is 1.90 bits per heavy atom. The topological polar surface area (TPSA) is 82.6 Å². The summed E-state index contributed by atoms with van der Waals surface area (Å²) in [6.07, 6.45) is 1.54. The lowest BCUT2D eigenvalue weighted by Gasteiger charge is -2.21. The van der Waals surface area contributed by atoms with Gasteiger partial charge in [0, 0.05) is 6.20 Å². The third kappa shape index (κ3) is 4.07. The van der Waals surface area contributed by atoms with Crippen LogP contribution in [0.4, 0.5) is 0 Å². The van der Waals surface area contributed by atoms with E-state index in [0.717, 1.165) is 11.1 Å². The molecule has 0 radical (unpaired) electrons. The third-order valence-corrected chi connectivity index (χ3v) is 6.98. The number of carbonyl (C=O) groups is 1. The molecule has 0 saturated heterocycles. The summed E-state index contributed by atoms with van der Waals surface area (Å²) in [4.78, 5) is 16.2. The van der Waals surface area contributed by atoms with Crippen LogP contribution in [0.15, 0.2) is 71.8 Å². The molecule has 0 N–H and O–H groups in total. The minimum Gasteiger partial charge on any atom is -0.489 e. The molecule has 2 heterocycles. The number of hydrogen-bond acceptors (Lipinski definition) is 6. The van der Waals surface area contributed by atoms with Crippen molar-refractivity contribution in [1.29, 1.82) is 0 Å². The zero-order valence-corrected chi connectivity index (χ0v) is 16.6. The van der Waals surface area contributed by atoms with Gasteiger partial charge in [-0.2, -0.15) is 0 Å². The van der Waals surface area contributed by atoms with Gasteiger partial charge in [-0.25, -0.2) is 13.2 Å². The van der Waals surface area contributed by atoms with Crippen molar-refractivity contribution < 1.29 is 22.7 Å². The van der Waals surface area contributed by atoms with Crippen LogP contribution < -0.4 is 4.74 Å². The van der Waals surface area contributed by atoms with E-state index in [0.29, 0.717) is 11.4 Å². The number of carbonyl (C=O) groups excluding carboxylic acids is 1. The van der Waals surface area contributed by atoms with E-state index < -0.39 is 21.1 Å². The number of para-hydroxylation sites is 1. The van der Waals surface area contributed by atoms with Crippen molar-refractivity contribution in [1.82, 2.24) is 4.98 Å². The lowest BCUT2D eigenvalue weighted by molar-refractivity contribution is 0.0600. The van der Waals surface area contributed by atoms with E-state index in [1.807, 2.05) is 30.3 Å². The highest BCUT2D eigenvalue weighted by Crippen LogP contribution is 2.35. The predicted octanol–water partition coefficient (Wildman–Crippen LogP) is 4.15. The number of sulfone groups is 1. The Morgan fingerprint density at radius 3 is 2.63 bits per heavy atom. The van der Waals surface area contributed by atoms with Crippen LogP contribution in [0.1, 0.15) is 39.9 Å². The number of rotatable bonds is 2. The first-order valence-electron chi connectivity index (χ1n) is 9.07. The van der Waals surface area contributed by atoms with Crippen molar-refractivity contribution in [3.8, 4) is 5.75 Å². The first kappa shape index (κ1) is 21.5. The molecular weight excluding hydrogens is 402 g/mol. The fraction of sp³-hybridized carbons (Fsp3) is 0.217. The number of aromatic nitrogens is 1. The van der Waals surface area contributed by atoms with Crippen molar-refractivity contribution in [3.05, 3.63) is 89.2 Å². The fourth-order valence-electron chi connectivity index (χ4n) is 3.36. The number of fused-ring (bicyclic) bond motifs is 3. The average molecular weight is 426 g/mol. The van der Waals surface area contributed by atoms with E-state index in [1.54, 1.807) is 24.3 Å². The molecule has 2 aromatic carbocycles. The van der Waals surface area contributed by atoms with Crippen molar-refractivity contribution in [3.63, 3.8) is 0 Å². The lowest BCUT2D eigenvalue weighted by atomic mass is 10.1. The van der Waals surface area contributed by atoms with Crippen LogP contribution in [0.3, 0.4) is 0 Å². The summed E-state index contributed by atoms with van der Waals surface area (Å²) in [5.41, 5.74) is 2.18. The normalized spacial score (nSPS) is 16.9. The molecule has 1 unspecified atom stereocenters. The van der Waals surface area contributed by atoms with Crippen molar-refractivity contribution >= 4 is 15.8 Å². The molecule has 30 heavy (non-hydrogen) atoms. The van der Waals surface area contributed by atoms with Gasteiger partial charge in [-0.3, -0.25) is 4.98 Å². The number of pyridine rings is 1. The molecule has 0 spiro atoms. The number of ether oxygens (including phenoxy) is 2. The zero-order valence-electron chi connectivity index (χ0n) is 15.7.